The van der Waals surface area contributed by atoms with Gasteiger partial charge in [-0.25, -0.2) is 18.7 Å². The summed E-state index contributed by atoms with van der Waals surface area (Å²) in [6.07, 6.45) is 5.71. The van der Waals surface area contributed by atoms with Crippen molar-refractivity contribution in [1.29, 1.82) is 0 Å². The van der Waals surface area contributed by atoms with Crippen molar-refractivity contribution in [1.82, 2.24) is 46.4 Å². The Bertz CT molecular complexity index is 2560. The van der Waals surface area contributed by atoms with Gasteiger partial charge in [0, 0.05) is 125 Å². The van der Waals surface area contributed by atoms with Gasteiger partial charge in [0.1, 0.15) is 41.7 Å². The summed E-state index contributed by atoms with van der Waals surface area (Å²) in [6.45, 7) is 14.5. The second-order valence-electron chi connectivity index (χ2n) is 22.5. The highest BCUT2D eigenvalue weighted by atomic mass is 127. The topological polar surface area (TPSA) is 182 Å². The number of fused-ring (bicyclic) bond motifs is 1. The van der Waals surface area contributed by atoms with Crippen LogP contribution in [0.2, 0.25) is 0 Å². The third kappa shape index (κ3) is 16.3. The first-order valence-corrected chi connectivity index (χ1v) is 29.3. The van der Waals surface area contributed by atoms with Crippen LogP contribution in [-0.4, -0.2) is 143 Å². The van der Waals surface area contributed by atoms with E-state index in [-0.39, 0.29) is 40.8 Å². The minimum atomic E-state index is -1.22. The molecule has 8 rings (SSSR count). The molecule has 16 nitrogen and oxygen atoms in total. The van der Waals surface area contributed by atoms with Crippen LogP contribution in [0.5, 0.6) is 0 Å². The summed E-state index contributed by atoms with van der Waals surface area (Å²) in [6, 6.07) is 22.3. The van der Waals surface area contributed by atoms with Gasteiger partial charge in [-0.1, -0.05) is 98.0 Å². The first kappa shape index (κ1) is 58.1. The maximum atomic E-state index is 15.3. The monoisotopic (exact) mass is 1170 g/mol. The fourth-order valence-corrected chi connectivity index (χ4v) is 12.2. The Morgan fingerprint density at radius 1 is 0.857 bits per heavy atom. The summed E-state index contributed by atoms with van der Waals surface area (Å²) in [4.78, 5) is 57.7. The van der Waals surface area contributed by atoms with Crippen LogP contribution in [0.25, 0.3) is 0 Å². The Balaban J connectivity index is 0.705. The highest BCUT2D eigenvalue weighted by Crippen LogP contribution is 2.40. The van der Waals surface area contributed by atoms with Crippen LogP contribution in [0.1, 0.15) is 81.5 Å². The third-order valence-corrected chi connectivity index (χ3v) is 16.8. The summed E-state index contributed by atoms with van der Waals surface area (Å²) >= 11 is 2.15. The molecule has 1 aliphatic carbocycles. The van der Waals surface area contributed by atoms with E-state index in [4.69, 9.17) is 0 Å². The van der Waals surface area contributed by atoms with Crippen molar-refractivity contribution in [3.63, 3.8) is 0 Å². The van der Waals surface area contributed by atoms with E-state index in [2.05, 4.69) is 98.3 Å². The van der Waals surface area contributed by atoms with E-state index in [0.29, 0.717) is 105 Å². The fourth-order valence-electron chi connectivity index (χ4n) is 11.9. The van der Waals surface area contributed by atoms with Crippen LogP contribution in [0.15, 0.2) is 79.1 Å². The number of carbonyl (C=O) groups excluding carboxylic acids is 3. The highest BCUT2D eigenvalue weighted by Gasteiger charge is 2.42. The van der Waals surface area contributed by atoms with Gasteiger partial charge < -0.3 is 56.6 Å². The minimum absolute atomic E-state index is 0.0393. The van der Waals surface area contributed by atoms with Gasteiger partial charge >= 0.3 is 0 Å². The van der Waals surface area contributed by atoms with E-state index in [1.165, 1.54) is 12.1 Å². The number of nitrogens with zero attached hydrogens (tertiary/aromatic N) is 6. The maximum absolute atomic E-state index is 15.3. The largest absolute Gasteiger partial charge is 0.383 e. The molecule has 0 bridgehead atoms. The van der Waals surface area contributed by atoms with Crippen LogP contribution in [0, 0.1) is 35.3 Å². The number of piperazine rings is 1. The molecule has 4 heterocycles. The molecule has 0 unspecified atom stereocenters. The number of aliphatic hydroxyl groups is 1. The van der Waals surface area contributed by atoms with Gasteiger partial charge in [0.2, 0.25) is 17.7 Å². The second kappa shape index (κ2) is 27.7. The molecule has 3 amide bonds. The summed E-state index contributed by atoms with van der Waals surface area (Å²) in [5.74, 6) is 1.13. The SMILES string of the molecule is CC(C)C[C@H](NC(=O)[C@@H](O)[C@H](C)Cc1ccccc1)C(=O)NCCN(C)[C@@H]1C[C@@H]2CN(CCC(=O)NCc3cccc(CNc4cc(N5CCC6(CC5)CN(c5cc(F)c(CNCI)cc5F)CCN6)ncn4)c3)C[C@@H]2C1. The predicted octanol–water partition coefficient (Wildman–Crippen LogP) is 5.83. The standard InChI is InChI=1S/C58H81F2IN12O4/c1-39(2)23-50(69-57(77)55(75)40(3)24-41-9-6-5-7-10-41)56(76)63-16-21-70(4)47-26-45-34-71(35-46(45)27-47)18-13-54(74)65-32-43-12-8-11-42(25-43)31-64-52-30-53(67-38-66-52)72-19-14-58(15-20-72)36-73(22-17-68-58)51-29-48(59)44(28-49(51)60)33-62-37-61/h5-12,25,28-30,38-40,45-47,50,55,62,68,75H,13-24,26-27,31-37H2,1-4H3,(H,63,76)(H,65,74)(H,69,77)(H,64,66,67)/t40-,45-,46+,47-,50+,55+/m1/s1. The summed E-state index contributed by atoms with van der Waals surface area (Å²) < 4.78 is 30.9. The number of likely N-dealkylation sites (N-methyl/N-ethyl adjacent to an activating group) is 1. The van der Waals surface area contributed by atoms with Crippen molar-refractivity contribution >= 4 is 57.6 Å². The number of piperidine rings is 1. The van der Waals surface area contributed by atoms with E-state index >= 15 is 4.39 Å². The Labute approximate surface area is 467 Å². The molecule has 19 heteroatoms. The van der Waals surface area contributed by atoms with E-state index < -0.39 is 18.1 Å². The second-order valence-corrected chi connectivity index (χ2v) is 23.3. The van der Waals surface area contributed by atoms with Crippen LogP contribution >= 0.6 is 22.6 Å². The molecule has 1 saturated carbocycles. The Hall–Kier alpha value is -5.06. The average Bonchev–Trinajstić information content (AvgIpc) is 4.01. The summed E-state index contributed by atoms with van der Waals surface area (Å²) in [5.41, 5.74) is 3.60. The van der Waals surface area contributed by atoms with Crippen LogP contribution in [0.3, 0.4) is 0 Å². The Kier molecular flexibility index (Phi) is 20.9. The lowest BCUT2D eigenvalue weighted by atomic mass is 9.85. The Morgan fingerprint density at radius 2 is 1.58 bits per heavy atom. The zero-order valence-corrected chi connectivity index (χ0v) is 47.5. The lowest BCUT2D eigenvalue weighted by Crippen LogP contribution is -2.64. The van der Waals surface area contributed by atoms with Crippen molar-refractivity contribution in [3.8, 4) is 0 Å². The zero-order valence-electron chi connectivity index (χ0n) is 45.4. The third-order valence-electron chi connectivity index (χ3n) is 16.3. The van der Waals surface area contributed by atoms with Gasteiger partial charge in [-0.05, 0) is 92.0 Å². The van der Waals surface area contributed by atoms with E-state index in [0.717, 1.165) is 86.7 Å². The zero-order chi connectivity index (χ0) is 54.5. The number of aromatic nitrogens is 2. The average molecular weight is 1180 g/mol. The number of halogens is 3. The number of anilines is 3. The van der Waals surface area contributed by atoms with Gasteiger partial charge in [-0.3, -0.25) is 14.4 Å². The van der Waals surface area contributed by atoms with Gasteiger partial charge in [0.25, 0.3) is 0 Å². The molecule has 1 aromatic heterocycles. The minimum Gasteiger partial charge on any atom is -0.383 e. The smallest absolute Gasteiger partial charge is 0.249 e. The summed E-state index contributed by atoms with van der Waals surface area (Å²) in [5, 5.41) is 30.1. The van der Waals surface area contributed by atoms with Crippen LogP contribution in [-0.2, 0) is 40.4 Å². The molecule has 1 spiro atoms. The highest BCUT2D eigenvalue weighted by molar-refractivity contribution is 14.1. The molecular formula is C58H81F2IN12O4. The number of likely N-dealkylation sites (tertiary alicyclic amines) is 1. The first-order chi connectivity index (χ1) is 37.1. The molecule has 3 aromatic carbocycles. The predicted molar refractivity (Wildman–Crippen MR) is 308 cm³/mol. The molecule has 7 N–H and O–H groups in total. The van der Waals surface area contributed by atoms with Gasteiger partial charge in [-0.2, -0.15) is 0 Å². The van der Waals surface area contributed by atoms with Crippen molar-refractivity contribution in [3.05, 3.63) is 113 Å². The normalized spacial score (nSPS) is 20.5. The van der Waals surface area contributed by atoms with E-state index in [9.17, 15) is 23.9 Å². The molecule has 4 aromatic rings. The van der Waals surface area contributed by atoms with E-state index in [1.807, 2.05) is 74.2 Å². The molecule has 77 heavy (non-hydrogen) atoms. The van der Waals surface area contributed by atoms with Gasteiger partial charge in [0.05, 0.1) is 5.69 Å². The molecule has 4 fully saturated rings. The Morgan fingerprint density at radius 3 is 2.31 bits per heavy atom. The number of nitrogens with one attached hydrogen (secondary N) is 6. The molecule has 4 aliphatic rings. The van der Waals surface area contributed by atoms with Crippen molar-refractivity contribution in [2.24, 2.45) is 23.7 Å². The van der Waals surface area contributed by atoms with E-state index in [1.54, 1.807) is 6.33 Å². The van der Waals surface area contributed by atoms with Crippen LogP contribution in [0.4, 0.5) is 26.1 Å². The molecule has 0 radical (unpaired) electrons. The number of hydrogen-bond donors (Lipinski definition) is 7. The van der Waals surface area contributed by atoms with Gasteiger partial charge in [0.15, 0.2) is 0 Å². The molecule has 6 atom stereocenters. The number of hydrogen-bond acceptors (Lipinski definition) is 13. The lowest BCUT2D eigenvalue weighted by molar-refractivity contribution is -0.136. The maximum Gasteiger partial charge on any atom is 0.249 e. The van der Waals surface area contributed by atoms with Crippen molar-refractivity contribution < 1.29 is 28.3 Å². The molecule has 3 saturated heterocycles. The molecule has 418 valence electrons. The number of alkyl halides is 1. The number of aliphatic hydroxyl groups excluding tert-OH is 1. The summed E-state index contributed by atoms with van der Waals surface area (Å²) in [7, 11) is 2.12. The number of rotatable bonds is 25. The first-order valence-electron chi connectivity index (χ1n) is 27.8. The molecule has 3 aliphatic heterocycles. The van der Waals surface area contributed by atoms with Gasteiger partial charge in [-0.15, -0.1) is 0 Å². The number of benzene rings is 3. The quantitative estimate of drug-likeness (QED) is 0.0240. The van der Waals surface area contributed by atoms with Crippen molar-refractivity contribution in [2.75, 3.05) is 92.2 Å². The van der Waals surface area contributed by atoms with Crippen molar-refractivity contribution in [2.45, 2.75) is 109 Å². The lowest BCUT2D eigenvalue weighted by Gasteiger charge is -2.49. The number of carbonyl (C=O) groups is 3. The number of amides is 3. The van der Waals surface area contributed by atoms with Crippen LogP contribution < -0.4 is 41.7 Å². The fraction of sp³-hybridized carbons (Fsp3) is 0.569. The molecular weight excluding hydrogens is 1090 g/mol.